The summed E-state index contributed by atoms with van der Waals surface area (Å²) in [5.41, 5.74) is -0.546. The summed E-state index contributed by atoms with van der Waals surface area (Å²) >= 11 is 0. The van der Waals surface area contributed by atoms with Crippen molar-refractivity contribution in [1.82, 2.24) is 5.32 Å². The lowest BCUT2D eigenvalue weighted by atomic mass is 9.87. The minimum atomic E-state index is -1.50. The van der Waals surface area contributed by atoms with Crippen molar-refractivity contribution in [3.63, 3.8) is 0 Å². The second-order valence-electron chi connectivity index (χ2n) is 3.79. The number of hydrogen-bond donors (Lipinski definition) is 2. The first-order valence-corrected chi connectivity index (χ1v) is 4.82. The van der Waals surface area contributed by atoms with E-state index in [4.69, 9.17) is 5.11 Å². The van der Waals surface area contributed by atoms with Gasteiger partial charge in [0.15, 0.2) is 5.67 Å². The third-order valence-electron chi connectivity index (χ3n) is 2.86. The fraction of sp³-hybridized carbons (Fsp3) is 0.455. The molecule has 2 atom stereocenters. The second kappa shape index (κ2) is 3.67. The van der Waals surface area contributed by atoms with Crippen LogP contribution in [0.2, 0.25) is 0 Å². The van der Waals surface area contributed by atoms with Crippen molar-refractivity contribution in [2.45, 2.75) is 11.6 Å². The maximum atomic E-state index is 14.1. The Morgan fingerprint density at radius 3 is 2.79 bits per heavy atom. The van der Waals surface area contributed by atoms with Crippen LogP contribution in [-0.2, 0) is 0 Å². The Labute approximate surface area is 82.8 Å². The highest BCUT2D eigenvalue weighted by Crippen LogP contribution is 2.34. The van der Waals surface area contributed by atoms with Crippen LogP contribution in [0.3, 0.4) is 0 Å². The zero-order chi connectivity index (χ0) is 10.0. The van der Waals surface area contributed by atoms with E-state index in [1.54, 1.807) is 0 Å². The average Bonchev–Trinajstić information content (AvgIpc) is 2.63. The van der Waals surface area contributed by atoms with Gasteiger partial charge in [-0.3, -0.25) is 0 Å². The molecule has 1 aromatic rings. The molecule has 0 radical (unpaired) electrons. The van der Waals surface area contributed by atoms with Crippen molar-refractivity contribution in [3.05, 3.63) is 35.9 Å². The topological polar surface area (TPSA) is 32.3 Å². The Hall–Kier alpha value is -0.930. The molecule has 76 valence electrons. The predicted molar refractivity (Wildman–Crippen MR) is 53.0 cm³/mol. The number of aliphatic hydroxyl groups is 1. The Kier molecular flexibility index (Phi) is 2.52. The van der Waals surface area contributed by atoms with Crippen LogP contribution >= 0.6 is 0 Å². The summed E-state index contributed by atoms with van der Waals surface area (Å²) < 4.78 is 14.1. The first-order valence-electron chi connectivity index (χ1n) is 4.82. The molecule has 14 heavy (non-hydrogen) atoms. The molecule has 2 N–H and O–H groups in total. The van der Waals surface area contributed by atoms with E-state index in [0.29, 0.717) is 6.54 Å². The standard InChI is InChI=1S/C11H14FNO/c12-11(8-14)7-13-6-10(11)9-4-2-1-3-5-9/h1-5,10,13-14H,6-8H2. The molecular weight excluding hydrogens is 181 g/mol. The molecule has 0 aliphatic carbocycles. The van der Waals surface area contributed by atoms with Gasteiger partial charge in [0.25, 0.3) is 0 Å². The molecule has 1 aliphatic rings. The van der Waals surface area contributed by atoms with Gasteiger partial charge in [0.2, 0.25) is 0 Å². The van der Waals surface area contributed by atoms with Crippen molar-refractivity contribution < 1.29 is 9.50 Å². The Morgan fingerprint density at radius 1 is 1.43 bits per heavy atom. The van der Waals surface area contributed by atoms with Gasteiger partial charge in [-0.25, -0.2) is 4.39 Å². The minimum absolute atomic E-state index is 0.228. The average molecular weight is 195 g/mol. The first kappa shape index (κ1) is 9.62. The number of aliphatic hydroxyl groups excluding tert-OH is 1. The van der Waals surface area contributed by atoms with Crippen LogP contribution in [0, 0.1) is 0 Å². The predicted octanol–water partition coefficient (Wildman–Crippen LogP) is 1.07. The van der Waals surface area contributed by atoms with E-state index in [2.05, 4.69) is 5.32 Å². The zero-order valence-corrected chi connectivity index (χ0v) is 7.91. The molecule has 3 heteroatoms. The summed E-state index contributed by atoms with van der Waals surface area (Å²) in [6, 6.07) is 9.50. The van der Waals surface area contributed by atoms with E-state index in [1.165, 1.54) is 0 Å². The lowest BCUT2D eigenvalue weighted by molar-refractivity contribution is 0.0739. The van der Waals surface area contributed by atoms with E-state index < -0.39 is 12.3 Å². The molecule has 1 aliphatic heterocycles. The highest BCUT2D eigenvalue weighted by molar-refractivity contribution is 5.25. The van der Waals surface area contributed by atoms with Gasteiger partial charge in [0, 0.05) is 19.0 Å². The van der Waals surface area contributed by atoms with Crippen molar-refractivity contribution >= 4 is 0 Å². The maximum absolute atomic E-state index is 14.1. The number of halogens is 1. The van der Waals surface area contributed by atoms with E-state index in [1.807, 2.05) is 30.3 Å². The first-order chi connectivity index (χ1) is 6.76. The van der Waals surface area contributed by atoms with Gasteiger partial charge in [0.05, 0.1) is 6.61 Å². The quantitative estimate of drug-likeness (QED) is 0.740. The number of nitrogens with one attached hydrogen (secondary N) is 1. The fourth-order valence-electron chi connectivity index (χ4n) is 2.00. The molecule has 0 saturated carbocycles. The molecular formula is C11H14FNO. The monoisotopic (exact) mass is 195 g/mol. The molecule has 0 aromatic heterocycles. The van der Waals surface area contributed by atoms with E-state index in [-0.39, 0.29) is 12.5 Å². The third kappa shape index (κ3) is 1.53. The van der Waals surface area contributed by atoms with Gasteiger partial charge >= 0.3 is 0 Å². The molecule has 1 fully saturated rings. The molecule has 1 saturated heterocycles. The molecule has 0 amide bonds. The van der Waals surface area contributed by atoms with Crippen LogP contribution in [0.1, 0.15) is 11.5 Å². The van der Waals surface area contributed by atoms with Gasteiger partial charge in [-0.1, -0.05) is 30.3 Å². The van der Waals surface area contributed by atoms with E-state index in [9.17, 15) is 4.39 Å². The Morgan fingerprint density at radius 2 is 2.14 bits per heavy atom. The van der Waals surface area contributed by atoms with Crippen LogP contribution in [0.5, 0.6) is 0 Å². The second-order valence-corrected chi connectivity index (χ2v) is 3.79. The summed E-state index contributed by atoms with van der Waals surface area (Å²) in [4.78, 5) is 0. The van der Waals surface area contributed by atoms with Gasteiger partial charge in [-0.05, 0) is 5.56 Å². The fourth-order valence-corrected chi connectivity index (χ4v) is 2.00. The number of benzene rings is 1. The number of alkyl halides is 1. The van der Waals surface area contributed by atoms with Crippen molar-refractivity contribution in [3.8, 4) is 0 Å². The molecule has 1 heterocycles. The highest BCUT2D eigenvalue weighted by Gasteiger charge is 2.43. The summed E-state index contributed by atoms with van der Waals surface area (Å²) in [5, 5.41) is 12.0. The van der Waals surface area contributed by atoms with E-state index >= 15 is 0 Å². The summed E-state index contributed by atoms with van der Waals surface area (Å²) in [6.45, 7) is 0.420. The number of hydrogen-bond acceptors (Lipinski definition) is 2. The van der Waals surface area contributed by atoms with Crippen LogP contribution < -0.4 is 5.32 Å². The van der Waals surface area contributed by atoms with Crippen LogP contribution in [0.4, 0.5) is 4.39 Å². The molecule has 2 nitrogen and oxygen atoms in total. The lowest BCUT2D eigenvalue weighted by Crippen LogP contribution is -2.35. The van der Waals surface area contributed by atoms with Gasteiger partial charge in [0.1, 0.15) is 0 Å². The van der Waals surface area contributed by atoms with Crippen LogP contribution in [0.15, 0.2) is 30.3 Å². The van der Waals surface area contributed by atoms with Gasteiger partial charge in [-0.2, -0.15) is 0 Å². The lowest BCUT2D eigenvalue weighted by Gasteiger charge is -2.24. The maximum Gasteiger partial charge on any atom is 0.154 e. The van der Waals surface area contributed by atoms with Gasteiger partial charge in [-0.15, -0.1) is 0 Å². The van der Waals surface area contributed by atoms with E-state index in [0.717, 1.165) is 5.56 Å². The molecule has 0 spiro atoms. The number of rotatable bonds is 2. The minimum Gasteiger partial charge on any atom is -0.393 e. The Balaban J connectivity index is 2.26. The SMILES string of the molecule is OCC1(F)CNCC1c1ccccc1. The third-order valence-corrected chi connectivity index (χ3v) is 2.86. The molecule has 1 aromatic carbocycles. The summed E-state index contributed by atoms with van der Waals surface area (Å²) in [5.74, 6) is -0.228. The normalized spacial score (nSPS) is 32.0. The van der Waals surface area contributed by atoms with Crippen LogP contribution in [0.25, 0.3) is 0 Å². The molecule has 2 rings (SSSR count). The largest absolute Gasteiger partial charge is 0.393 e. The van der Waals surface area contributed by atoms with Crippen molar-refractivity contribution in [1.29, 1.82) is 0 Å². The zero-order valence-electron chi connectivity index (χ0n) is 7.91. The highest BCUT2D eigenvalue weighted by atomic mass is 19.1. The smallest absolute Gasteiger partial charge is 0.154 e. The van der Waals surface area contributed by atoms with Gasteiger partial charge < -0.3 is 10.4 Å². The molecule has 0 bridgehead atoms. The van der Waals surface area contributed by atoms with Crippen molar-refractivity contribution in [2.75, 3.05) is 19.7 Å². The molecule has 2 unspecified atom stereocenters. The Bertz CT molecular complexity index is 303. The van der Waals surface area contributed by atoms with Crippen molar-refractivity contribution in [2.24, 2.45) is 0 Å². The summed E-state index contributed by atoms with van der Waals surface area (Å²) in [7, 11) is 0. The summed E-state index contributed by atoms with van der Waals surface area (Å²) in [6.07, 6.45) is 0. The van der Waals surface area contributed by atoms with Crippen LogP contribution in [-0.4, -0.2) is 30.5 Å².